The van der Waals surface area contributed by atoms with Crippen molar-refractivity contribution in [2.75, 3.05) is 12.3 Å². The zero-order chi connectivity index (χ0) is 9.14. The van der Waals surface area contributed by atoms with E-state index in [4.69, 9.17) is 5.73 Å². The predicted molar refractivity (Wildman–Crippen MR) is 52.1 cm³/mol. The molecule has 1 rings (SSSR count). The molecular weight excluding hydrogens is 172 g/mol. The van der Waals surface area contributed by atoms with Gasteiger partial charge in [-0.2, -0.15) is 0 Å². The fourth-order valence-electron chi connectivity index (χ4n) is 1.59. The summed E-state index contributed by atoms with van der Waals surface area (Å²) in [5, 5.41) is 0. The summed E-state index contributed by atoms with van der Waals surface area (Å²) in [7, 11) is -0.811. The highest BCUT2D eigenvalue weighted by atomic mass is 32.2. The van der Waals surface area contributed by atoms with Crippen molar-refractivity contribution in [2.24, 2.45) is 5.73 Å². The van der Waals surface area contributed by atoms with Gasteiger partial charge in [-0.15, -0.1) is 0 Å². The number of hydrogen-bond acceptors (Lipinski definition) is 2. The lowest BCUT2D eigenvalue weighted by Gasteiger charge is -2.35. The van der Waals surface area contributed by atoms with E-state index < -0.39 is 11.0 Å². The van der Waals surface area contributed by atoms with Gasteiger partial charge in [-0.1, -0.05) is 6.92 Å². The van der Waals surface area contributed by atoms with Gasteiger partial charge in [0.25, 0.3) is 0 Å². The van der Waals surface area contributed by atoms with Crippen LogP contribution in [0.4, 0.5) is 0 Å². The van der Waals surface area contributed by atoms with E-state index in [1.807, 2.05) is 11.2 Å². The smallest absolute Gasteiger partial charge is 0.0942 e. The van der Waals surface area contributed by atoms with E-state index in [1.54, 1.807) is 0 Å². The summed E-state index contributed by atoms with van der Waals surface area (Å²) in [6.07, 6.45) is 2.15. The van der Waals surface area contributed by atoms with Crippen LogP contribution in [-0.2, 0) is 11.0 Å². The Balaban J connectivity index is 2.57. The van der Waals surface area contributed by atoms with E-state index in [1.165, 1.54) is 0 Å². The molecule has 3 unspecified atom stereocenters. The van der Waals surface area contributed by atoms with Gasteiger partial charge in [-0.25, -0.2) is 8.51 Å². The molecule has 0 bridgehead atoms. The second-order valence-electron chi connectivity index (χ2n) is 3.30. The van der Waals surface area contributed by atoms with Crippen LogP contribution in [0, 0.1) is 0 Å². The molecule has 1 aliphatic rings. The topological polar surface area (TPSA) is 46.3 Å². The second-order valence-corrected chi connectivity index (χ2v) is 4.99. The molecule has 3 atom stereocenters. The maximum absolute atomic E-state index is 11.5. The van der Waals surface area contributed by atoms with E-state index in [-0.39, 0.29) is 12.1 Å². The van der Waals surface area contributed by atoms with Crippen LogP contribution in [0.2, 0.25) is 0 Å². The lowest BCUT2D eigenvalue weighted by atomic mass is 10.0. The van der Waals surface area contributed by atoms with Crippen LogP contribution in [0.5, 0.6) is 0 Å². The lowest BCUT2D eigenvalue weighted by molar-refractivity contribution is 0.249. The Kier molecular flexibility index (Phi) is 3.68. The third-order valence-electron chi connectivity index (χ3n) is 2.50. The Morgan fingerprint density at radius 1 is 1.67 bits per heavy atom. The average Bonchev–Trinajstić information content (AvgIpc) is 2.08. The lowest BCUT2D eigenvalue weighted by Crippen LogP contribution is -2.51. The van der Waals surface area contributed by atoms with Gasteiger partial charge in [0.2, 0.25) is 0 Å². The zero-order valence-corrected chi connectivity index (χ0v) is 8.64. The van der Waals surface area contributed by atoms with E-state index in [9.17, 15) is 4.21 Å². The normalized spacial score (nSPS) is 34.9. The molecular formula is C8H18N2OS. The van der Waals surface area contributed by atoms with Gasteiger partial charge in [0.15, 0.2) is 0 Å². The van der Waals surface area contributed by atoms with Crippen molar-refractivity contribution in [1.82, 2.24) is 4.31 Å². The quantitative estimate of drug-likeness (QED) is 0.688. The Labute approximate surface area is 76.9 Å². The van der Waals surface area contributed by atoms with Gasteiger partial charge >= 0.3 is 0 Å². The molecule has 0 aromatic heterocycles. The number of rotatable bonds is 2. The summed E-state index contributed by atoms with van der Waals surface area (Å²) in [5.74, 6) is 0.705. The van der Waals surface area contributed by atoms with Crippen molar-refractivity contribution >= 4 is 11.0 Å². The highest BCUT2D eigenvalue weighted by Crippen LogP contribution is 2.17. The largest absolute Gasteiger partial charge is 0.326 e. The first-order chi connectivity index (χ1) is 5.66. The molecule has 0 aromatic rings. The van der Waals surface area contributed by atoms with Gasteiger partial charge < -0.3 is 5.73 Å². The molecule has 1 saturated heterocycles. The van der Waals surface area contributed by atoms with Gasteiger partial charge in [0.1, 0.15) is 0 Å². The summed E-state index contributed by atoms with van der Waals surface area (Å²) in [4.78, 5) is 0. The van der Waals surface area contributed by atoms with E-state index in [0.717, 1.165) is 19.4 Å². The molecule has 1 heterocycles. The fraction of sp³-hybridized carbons (Fsp3) is 1.00. The van der Waals surface area contributed by atoms with Crippen molar-refractivity contribution in [1.29, 1.82) is 0 Å². The SMILES string of the molecule is CCS(=O)N1CCCC(N)C1C. The third-order valence-corrected chi connectivity index (χ3v) is 4.03. The first-order valence-corrected chi connectivity index (χ1v) is 5.85. The van der Waals surface area contributed by atoms with Crippen LogP contribution >= 0.6 is 0 Å². The molecule has 0 spiro atoms. The Hall–Kier alpha value is 0.0700. The van der Waals surface area contributed by atoms with Gasteiger partial charge in [-0.3, -0.25) is 0 Å². The predicted octanol–water partition coefficient (Wildman–Crippen LogP) is 0.482. The van der Waals surface area contributed by atoms with Crippen molar-refractivity contribution in [3.8, 4) is 0 Å². The number of hydrogen-bond donors (Lipinski definition) is 1. The standard InChI is InChI=1S/C8H18N2OS/c1-3-12(11)10-6-4-5-8(9)7(10)2/h7-8H,3-6,9H2,1-2H3. The molecule has 1 aliphatic heterocycles. The van der Waals surface area contributed by atoms with Crippen molar-refractivity contribution in [3.63, 3.8) is 0 Å². The molecule has 0 amide bonds. The second kappa shape index (κ2) is 4.35. The number of nitrogens with two attached hydrogens (primary N) is 1. The van der Waals surface area contributed by atoms with Crippen LogP contribution in [0.1, 0.15) is 26.7 Å². The molecule has 2 N–H and O–H groups in total. The Bertz CT molecular complexity index is 174. The van der Waals surface area contributed by atoms with Crippen LogP contribution < -0.4 is 5.73 Å². The number of piperidine rings is 1. The molecule has 3 nitrogen and oxygen atoms in total. The molecule has 0 radical (unpaired) electrons. The Morgan fingerprint density at radius 2 is 2.33 bits per heavy atom. The van der Waals surface area contributed by atoms with Crippen LogP contribution in [0.15, 0.2) is 0 Å². The molecule has 0 aromatic carbocycles. The molecule has 4 heteroatoms. The van der Waals surface area contributed by atoms with Crippen molar-refractivity contribution in [3.05, 3.63) is 0 Å². The fourth-order valence-corrected chi connectivity index (χ4v) is 2.79. The minimum atomic E-state index is -0.811. The minimum absolute atomic E-state index is 0.203. The van der Waals surface area contributed by atoms with Crippen LogP contribution in [0.25, 0.3) is 0 Å². The summed E-state index contributed by atoms with van der Waals surface area (Å²) >= 11 is 0. The molecule has 0 aliphatic carbocycles. The first-order valence-electron chi connectivity index (χ1n) is 4.57. The summed E-state index contributed by atoms with van der Waals surface area (Å²) < 4.78 is 13.5. The minimum Gasteiger partial charge on any atom is -0.326 e. The molecule has 12 heavy (non-hydrogen) atoms. The van der Waals surface area contributed by atoms with Crippen LogP contribution in [0.3, 0.4) is 0 Å². The highest BCUT2D eigenvalue weighted by molar-refractivity contribution is 7.82. The monoisotopic (exact) mass is 190 g/mol. The third kappa shape index (κ3) is 2.06. The number of nitrogens with zero attached hydrogens (tertiary/aromatic N) is 1. The van der Waals surface area contributed by atoms with E-state index in [2.05, 4.69) is 6.92 Å². The molecule has 0 saturated carbocycles. The van der Waals surface area contributed by atoms with Crippen molar-refractivity contribution in [2.45, 2.75) is 38.8 Å². The van der Waals surface area contributed by atoms with Gasteiger partial charge in [0.05, 0.1) is 11.0 Å². The summed E-state index contributed by atoms with van der Waals surface area (Å²) in [6.45, 7) is 4.95. The van der Waals surface area contributed by atoms with Crippen LogP contribution in [-0.4, -0.2) is 32.9 Å². The zero-order valence-electron chi connectivity index (χ0n) is 7.82. The van der Waals surface area contributed by atoms with Crippen molar-refractivity contribution < 1.29 is 4.21 Å². The summed E-state index contributed by atoms with van der Waals surface area (Å²) in [6, 6.07) is 0.480. The maximum atomic E-state index is 11.5. The van der Waals surface area contributed by atoms with Gasteiger partial charge in [-0.05, 0) is 19.8 Å². The van der Waals surface area contributed by atoms with E-state index >= 15 is 0 Å². The first kappa shape index (κ1) is 10.2. The Morgan fingerprint density at radius 3 is 2.92 bits per heavy atom. The maximum Gasteiger partial charge on any atom is 0.0942 e. The average molecular weight is 190 g/mol. The molecule has 1 fully saturated rings. The highest BCUT2D eigenvalue weighted by Gasteiger charge is 2.27. The molecule has 72 valence electrons. The van der Waals surface area contributed by atoms with E-state index in [0.29, 0.717) is 5.75 Å². The van der Waals surface area contributed by atoms with Gasteiger partial charge in [0, 0.05) is 24.4 Å². The summed E-state index contributed by atoms with van der Waals surface area (Å²) in [5.41, 5.74) is 5.89.